The van der Waals surface area contributed by atoms with Crippen LogP contribution in [0, 0.1) is 0 Å². The number of carbonyl (C=O) groups is 2. The van der Waals surface area contributed by atoms with E-state index in [1.807, 2.05) is 71.9 Å². The van der Waals surface area contributed by atoms with E-state index in [2.05, 4.69) is 51.7 Å². The average Bonchev–Trinajstić information content (AvgIpc) is 2.83. The zero-order chi connectivity index (χ0) is 28.4. The third-order valence-electron chi connectivity index (χ3n) is 5.66. The summed E-state index contributed by atoms with van der Waals surface area (Å²) < 4.78 is 6.11. The molecule has 3 aromatic rings. The Bertz CT molecular complexity index is 1340. The third kappa shape index (κ3) is 7.92. The van der Waals surface area contributed by atoms with Crippen LogP contribution in [-0.4, -0.2) is 69.3 Å². The molecule has 1 aromatic carbocycles. The highest BCUT2D eigenvalue weighted by molar-refractivity contribution is 9.10. The van der Waals surface area contributed by atoms with Crippen LogP contribution in [0.1, 0.15) is 41.5 Å². The van der Waals surface area contributed by atoms with Gasteiger partial charge in [-0.2, -0.15) is 4.98 Å². The summed E-state index contributed by atoms with van der Waals surface area (Å²) in [5.41, 5.74) is 1.46. The molecule has 1 saturated heterocycles. The van der Waals surface area contributed by atoms with Gasteiger partial charge in [-0.1, -0.05) is 0 Å². The van der Waals surface area contributed by atoms with Crippen molar-refractivity contribution in [3.63, 3.8) is 0 Å². The number of hydrogen-bond acceptors (Lipinski definition) is 8. The minimum Gasteiger partial charge on any atom is -0.444 e. The summed E-state index contributed by atoms with van der Waals surface area (Å²) in [7, 11) is 0. The van der Waals surface area contributed by atoms with E-state index in [4.69, 9.17) is 4.74 Å². The van der Waals surface area contributed by atoms with Crippen LogP contribution in [0.4, 0.5) is 32.7 Å². The number of nitrogens with zero attached hydrogens (tertiary/aromatic N) is 5. The quantitative estimate of drug-likeness (QED) is 0.359. The summed E-state index contributed by atoms with van der Waals surface area (Å²) in [4.78, 5) is 42.1. The second kappa shape index (κ2) is 11.2. The van der Waals surface area contributed by atoms with E-state index in [0.717, 1.165) is 29.9 Å². The number of halogens is 1. The van der Waals surface area contributed by atoms with Gasteiger partial charge in [0.25, 0.3) is 0 Å². The number of amides is 3. The Morgan fingerprint density at radius 1 is 0.974 bits per heavy atom. The van der Waals surface area contributed by atoms with E-state index in [-0.39, 0.29) is 17.7 Å². The van der Waals surface area contributed by atoms with Crippen LogP contribution in [0.15, 0.2) is 41.0 Å². The maximum absolute atomic E-state index is 12.3. The Morgan fingerprint density at radius 3 is 2.26 bits per heavy atom. The van der Waals surface area contributed by atoms with Crippen LogP contribution in [0.5, 0.6) is 0 Å². The lowest BCUT2D eigenvalue weighted by molar-refractivity contribution is 0.0240. The Labute approximate surface area is 236 Å². The molecule has 1 fully saturated rings. The van der Waals surface area contributed by atoms with Gasteiger partial charge in [-0.15, -0.1) is 0 Å². The van der Waals surface area contributed by atoms with Gasteiger partial charge in [-0.05, 0) is 87.8 Å². The maximum Gasteiger partial charge on any atom is 0.410 e. The molecule has 0 radical (unpaired) electrons. The highest BCUT2D eigenvalue weighted by Gasteiger charge is 2.26. The second-order valence-electron chi connectivity index (χ2n) is 11.4. The molecule has 11 nitrogen and oxygen atoms in total. The molecule has 0 atom stereocenters. The first-order valence-electron chi connectivity index (χ1n) is 12.8. The lowest BCUT2D eigenvalue weighted by Crippen LogP contribution is -2.50. The predicted molar refractivity (Wildman–Crippen MR) is 157 cm³/mol. The van der Waals surface area contributed by atoms with E-state index in [9.17, 15) is 9.59 Å². The summed E-state index contributed by atoms with van der Waals surface area (Å²) in [5.74, 6) is 0.756. The van der Waals surface area contributed by atoms with Crippen molar-refractivity contribution in [3.8, 4) is 0 Å². The molecule has 39 heavy (non-hydrogen) atoms. The molecule has 12 heteroatoms. The molecular weight excluding hydrogens is 564 g/mol. The predicted octanol–water partition coefficient (Wildman–Crippen LogP) is 5.51. The van der Waals surface area contributed by atoms with Gasteiger partial charge in [0.2, 0.25) is 5.95 Å². The molecule has 208 valence electrons. The Kier molecular flexibility index (Phi) is 8.15. The first-order valence-corrected chi connectivity index (χ1v) is 13.6. The molecule has 3 amide bonds. The molecule has 4 rings (SSSR count). The van der Waals surface area contributed by atoms with Crippen molar-refractivity contribution >= 4 is 62.2 Å². The van der Waals surface area contributed by atoms with Crippen molar-refractivity contribution in [1.82, 2.24) is 25.2 Å². The fourth-order valence-corrected chi connectivity index (χ4v) is 4.36. The van der Waals surface area contributed by atoms with Crippen LogP contribution < -0.4 is 20.9 Å². The number of pyridine rings is 1. The third-order valence-corrected chi connectivity index (χ3v) is 6.27. The van der Waals surface area contributed by atoms with Gasteiger partial charge in [0.05, 0.1) is 4.47 Å². The maximum atomic E-state index is 12.3. The Balaban J connectivity index is 1.39. The molecule has 0 saturated carbocycles. The SMILES string of the molecule is CC(C)(C)NC(=O)Nc1nc2nc(Nc3ccc(N4CCN(C(=O)OC(C)(C)C)CC4)cc3)ncc2cc1Br. The lowest BCUT2D eigenvalue weighted by Gasteiger charge is -2.36. The first-order chi connectivity index (χ1) is 18.3. The van der Waals surface area contributed by atoms with Crippen molar-refractivity contribution in [2.75, 3.05) is 41.7 Å². The number of hydrogen-bond donors (Lipinski definition) is 3. The molecule has 0 aliphatic carbocycles. The van der Waals surface area contributed by atoms with E-state index >= 15 is 0 Å². The van der Waals surface area contributed by atoms with Crippen molar-refractivity contribution in [2.24, 2.45) is 0 Å². The monoisotopic (exact) mass is 598 g/mol. The fourth-order valence-electron chi connectivity index (χ4n) is 3.92. The van der Waals surface area contributed by atoms with Crippen LogP contribution in [0.2, 0.25) is 0 Å². The van der Waals surface area contributed by atoms with Crippen LogP contribution >= 0.6 is 15.9 Å². The van der Waals surface area contributed by atoms with E-state index < -0.39 is 5.60 Å². The summed E-state index contributed by atoms with van der Waals surface area (Å²) in [6.07, 6.45) is 1.41. The molecule has 0 unspecified atom stereocenters. The van der Waals surface area contributed by atoms with Crippen LogP contribution in [0.3, 0.4) is 0 Å². The first kappa shape index (κ1) is 28.3. The van der Waals surface area contributed by atoms with E-state index in [1.165, 1.54) is 0 Å². The number of benzene rings is 1. The number of nitrogens with one attached hydrogen (secondary N) is 3. The van der Waals surface area contributed by atoms with Gasteiger partial charge in [0.1, 0.15) is 5.60 Å². The largest absolute Gasteiger partial charge is 0.444 e. The molecule has 3 N–H and O–H groups in total. The van der Waals surface area contributed by atoms with Gasteiger partial charge < -0.3 is 25.2 Å². The number of carbonyl (C=O) groups excluding carboxylic acids is 2. The second-order valence-corrected chi connectivity index (χ2v) is 12.2. The number of fused-ring (bicyclic) bond motifs is 1. The van der Waals surface area contributed by atoms with Gasteiger partial charge in [-0.25, -0.2) is 19.6 Å². The molecule has 2 aromatic heterocycles. The van der Waals surface area contributed by atoms with Gasteiger partial charge in [0, 0.05) is 54.7 Å². The van der Waals surface area contributed by atoms with Crippen LogP contribution in [-0.2, 0) is 4.74 Å². The number of aromatic nitrogens is 3. The topological polar surface area (TPSA) is 125 Å². The highest BCUT2D eigenvalue weighted by atomic mass is 79.9. The summed E-state index contributed by atoms with van der Waals surface area (Å²) in [5, 5.41) is 9.56. The number of urea groups is 1. The zero-order valence-electron chi connectivity index (χ0n) is 23.1. The smallest absolute Gasteiger partial charge is 0.410 e. The highest BCUT2D eigenvalue weighted by Crippen LogP contribution is 2.26. The van der Waals surface area contributed by atoms with Gasteiger partial charge in [-0.3, -0.25) is 5.32 Å². The lowest BCUT2D eigenvalue weighted by atomic mass is 10.1. The number of piperazine rings is 1. The fraction of sp³-hybridized carbons (Fsp3) is 0.444. The molecule has 0 bridgehead atoms. The van der Waals surface area contributed by atoms with Crippen molar-refractivity contribution in [2.45, 2.75) is 52.7 Å². The minimum absolute atomic E-state index is 0.269. The van der Waals surface area contributed by atoms with Gasteiger partial charge in [0.15, 0.2) is 11.5 Å². The van der Waals surface area contributed by atoms with Crippen molar-refractivity contribution < 1.29 is 14.3 Å². The van der Waals surface area contributed by atoms with Crippen molar-refractivity contribution in [1.29, 1.82) is 0 Å². The normalized spacial score (nSPS) is 14.2. The number of ether oxygens (including phenoxy) is 1. The molecule has 3 heterocycles. The van der Waals surface area contributed by atoms with Gasteiger partial charge >= 0.3 is 12.1 Å². The molecule has 1 aliphatic rings. The summed E-state index contributed by atoms with van der Waals surface area (Å²) >= 11 is 3.45. The van der Waals surface area contributed by atoms with Crippen molar-refractivity contribution in [3.05, 3.63) is 41.0 Å². The standard InChI is InChI=1S/C27H35BrN8O3/c1-26(2,3)34-24(37)33-22-20(28)15-17-16-29-23(32-21(17)31-22)30-18-7-9-19(10-8-18)35-11-13-36(14-12-35)25(38)39-27(4,5)6/h7-10,15-16H,11-14H2,1-6H3,(H3,29,30,31,32,33,34,37). The molecule has 1 aliphatic heterocycles. The summed E-state index contributed by atoms with van der Waals surface area (Å²) in [6, 6.07) is 9.43. The molecule has 0 spiro atoms. The number of anilines is 4. The Morgan fingerprint density at radius 2 is 1.64 bits per heavy atom. The number of rotatable bonds is 4. The minimum atomic E-state index is -0.500. The Hall–Kier alpha value is -3.67. The van der Waals surface area contributed by atoms with E-state index in [1.54, 1.807) is 11.1 Å². The summed E-state index contributed by atoms with van der Waals surface area (Å²) in [6.45, 7) is 14.0. The van der Waals surface area contributed by atoms with E-state index in [0.29, 0.717) is 35.0 Å². The van der Waals surface area contributed by atoms with Crippen LogP contribution in [0.25, 0.3) is 11.0 Å². The molecular formula is C27H35BrN8O3. The average molecular weight is 600 g/mol. The zero-order valence-corrected chi connectivity index (χ0v) is 24.7.